The zero-order valence-electron chi connectivity index (χ0n) is 35.1. The molecule has 0 radical (unpaired) electrons. The van der Waals surface area contributed by atoms with Crippen molar-refractivity contribution in [3.05, 3.63) is 105 Å². The summed E-state index contributed by atoms with van der Waals surface area (Å²) in [6.07, 6.45) is 1.47. The average Bonchev–Trinajstić information content (AvgIpc) is 3.97. The minimum atomic E-state index is -1.93. The van der Waals surface area contributed by atoms with Crippen molar-refractivity contribution in [1.82, 2.24) is 14.7 Å². The maximum atomic E-state index is 15.4. The van der Waals surface area contributed by atoms with Gasteiger partial charge in [0.25, 0.3) is 5.91 Å². The summed E-state index contributed by atoms with van der Waals surface area (Å²) in [5.74, 6) is 0.706. The molecule has 2 fully saturated rings. The molecule has 2 bridgehead atoms. The number of carbonyl (C=O) groups excluding carboxylic acids is 3. The SMILES string of the molecule is Cc1cc(C)c(C)c(OCCc2ccc(C3=C(C(=O)N(Cc4ccccc4C)C4CC4)C4CN(C(=O)OC(C)(C)C)CC(C3)N4C(=O)OC(C)(C)C(Cl)(Cl)Cl)cc2)c1. The molecule has 0 spiro atoms. The van der Waals surface area contributed by atoms with E-state index in [0.717, 1.165) is 57.5 Å². The molecule has 12 heteroatoms. The molecular formula is C46H56Cl3N3O6. The molecule has 0 N–H and O–H groups in total. The van der Waals surface area contributed by atoms with Gasteiger partial charge in [-0.25, -0.2) is 9.59 Å². The van der Waals surface area contributed by atoms with Gasteiger partial charge in [-0.15, -0.1) is 0 Å². The number of benzene rings is 3. The Morgan fingerprint density at radius 2 is 1.50 bits per heavy atom. The smallest absolute Gasteiger partial charge is 0.411 e. The largest absolute Gasteiger partial charge is 0.493 e. The molecule has 3 amide bonds. The second kappa shape index (κ2) is 17.0. The predicted octanol–water partition coefficient (Wildman–Crippen LogP) is 10.5. The first-order chi connectivity index (χ1) is 27.1. The lowest BCUT2D eigenvalue weighted by Gasteiger charge is -2.51. The van der Waals surface area contributed by atoms with Crippen LogP contribution in [-0.4, -0.2) is 85.6 Å². The number of rotatable bonds is 10. The Morgan fingerprint density at radius 3 is 2.12 bits per heavy atom. The van der Waals surface area contributed by atoms with Crippen molar-refractivity contribution in [3.63, 3.8) is 0 Å². The van der Waals surface area contributed by atoms with Crippen LogP contribution in [0, 0.1) is 27.7 Å². The lowest BCUT2D eigenvalue weighted by molar-refractivity contribution is -0.129. The van der Waals surface area contributed by atoms with Gasteiger partial charge in [-0.2, -0.15) is 0 Å². The lowest BCUT2D eigenvalue weighted by atomic mass is 9.81. The van der Waals surface area contributed by atoms with E-state index in [-0.39, 0.29) is 31.5 Å². The van der Waals surface area contributed by atoms with Crippen LogP contribution in [0.25, 0.3) is 5.57 Å². The average molecular weight is 853 g/mol. The van der Waals surface area contributed by atoms with Crippen molar-refractivity contribution in [1.29, 1.82) is 0 Å². The van der Waals surface area contributed by atoms with E-state index in [9.17, 15) is 9.59 Å². The molecule has 58 heavy (non-hydrogen) atoms. The highest BCUT2D eigenvalue weighted by Crippen LogP contribution is 2.44. The van der Waals surface area contributed by atoms with Crippen LogP contribution >= 0.6 is 34.8 Å². The molecule has 2 heterocycles. The molecule has 1 aliphatic carbocycles. The van der Waals surface area contributed by atoms with Gasteiger partial charge in [0, 0.05) is 37.7 Å². The molecule has 9 nitrogen and oxygen atoms in total. The van der Waals surface area contributed by atoms with Crippen LogP contribution in [0.4, 0.5) is 9.59 Å². The number of aryl methyl sites for hydroxylation is 3. The third-order valence-corrected chi connectivity index (χ3v) is 12.7. The lowest BCUT2D eigenvalue weighted by Crippen LogP contribution is -2.66. The summed E-state index contributed by atoms with van der Waals surface area (Å²) in [6.45, 7) is 17.9. The number of ether oxygens (including phenoxy) is 3. The van der Waals surface area contributed by atoms with Gasteiger partial charge in [-0.1, -0.05) is 89.4 Å². The maximum Gasteiger partial charge on any atom is 0.411 e. The quantitative estimate of drug-likeness (QED) is 0.189. The second-order valence-corrected chi connectivity index (χ2v) is 19.8. The van der Waals surface area contributed by atoms with Crippen LogP contribution < -0.4 is 4.74 Å². The number of fused-ring (bicyclic) bond motifs is 2. The van der Waals surface area contributed by atoms with Crippen molar-refractivity contribution >= 4 is 58.5 Å². The minimum absolute atomic E-state index is 0.00935. The zero-order chi connectivity index (χ0) is 42.3. The number of amides is 3. The molecule has 1 saturated carbocycles. The number of piperazine rings is 1. The Labute approximate surface area is 358 Å². The van der Waals surface area contributed by atoms with Crippen molar-refractivity contribution in [3.8, 4) is 5.75 Å². The van der Waals surface area contributed by atoms with Crippen molar-refractivity contribution < 1.29 is 28.6 Å². The van der Waals surface area contributed by atoms with E-state index >= 15 is 4.79 Å². The van der Waals surface area contributed by atoms with Gasteiger partial charge in [0.1, 0.15) is 11.4 Å². The number of carbonyl (C=O) groups is 3. The fourth-order valence-corrected chi connectivity index (χ4v) is 7.83. The van der Waals surface area contributed by atoms with Crippen LogP contribution in [0.1, 0.15) is 92.8 Å². The molecule has 0 aromatic heterocycles. The molecular weight excluding hydrogens is 797 g/mol. The molecule has 2 atom stereocenters. The van der Waals surface area contributed by atoms with E-state index < -0.39 is 39.3 Å². The molecule has 1 saturated heterocycles. The fraction of sp³-hybridized carbons (Fsp3) is 0.500. The van der Waals surface area contributed by atoms with Crippen molar-refractivity contribution in [2.24, 2.45) is 0 Å². The van der Waals surface area contributed by atoms with Crippen molar-refractivity contribution in [2.45, 2.75) is 128 Å². The first-order valence-corrected chi connectivity index (χ1v) is 21.2. The van der Waals surface area contributed by atoms with E-state index in [1.54, 1.807) is 9.80 Å². The summed E-state index contributed by atoms with van der Waals surface area (Å²) in [4.78, 5) is 48.6. The summed E-state index contributed by atoms with van der Waals surface area (Å²) in [7, 11) is 0. The Kier molecular flexibility index (Phi) is 12.8. The Bertz CT molecular complexity index is 2070. The van der Waals surface area contributed by atoms with Crippen molar-refractivity contribution in [2.75, 3.05) is 19.7 Å². The van der Waals surface area contributed by atoms with Gasteiger partial charge >= 0.3 is 12.2 Å². The van der Waals surface area contributed by atoms with E-state index in [4.69, 9.17) is 49.0 Å². The maximum absolute atomic E-state index is 15.4. The van der Waals surface area contributed by atoms with Gasteiger partial charge in [-0.3, -0.25) is 9.69 Å². The standard InChI is InChI=1S/C46H56Cl3N3O6/c1-28-22-30(3)31(4)39(23-28)56-21-20-32-14-16-33(17-15-32)37-24-36-26-50(42(54)57-44(5,6)7)27-38(52(36)43(55)58-45(8,9)46(47,48)49)40(37)41(53)51(35-18-19-35)25-34-13-11-10-12-29(34)2/h10-17,22-23,35-36,38H,18-21,24-27H2,1-9H3. The number of nitrogens with zero attached hydrogens (tertiary/aromatic N) is 3. The molecule has 3 aromatic carbocycles. The first-order valence-electron chi connectivity index (χ1n) is 20.1. The van der Waals surface area contributed by atoms with Gasteiger partial charge in [0.2, 0.25) is 3.79 Å². The molecule has 3 aromatic rings. The summed E-state index contributed by atoms with van der Waals surface area (Å²) in [5.41, 5.74) is 6.59. The summed E-state index contributed by atoms with van der Waals surface area (Å²) >= 11 is 18.9. The van der Waals surface area contributed by atoms with E-state index in [0.29, 0.717) is 25.1 Å². The van der Waals surface area contributed by atoms with Crippen LogP contribution in [0.15, 0.2) is 66.2 Å². The fourth-order valence-electron chi connectivity index (χ4n) is 7.71. The highest BCUT2D eigenvalue weighted by atomic mass is 35.6. The Morgan fingerprint density at radius 1 is 0.828 bits per heavy atom. The summed E-state index contributed by atoms with van der Waals surface area (Å²) in [5, 5.41) is 0. The van der Waals surface area contributed by atoms with Crippen LogP contribution in [-0.2, 0) is 27.2 Å². The summed E-state index contributed by atoms with van der Waals surface area (Å²) in [6, 6.07) is 19.1. The number of halogens is 3. The molecule has 2 unspecified atom stereocenters. The van der Waals surface area contributed by atoms with E-state index in [1.165, 1.54) is 19.4 Å². The monoisotopic (exact) mass is 851 g/mol. The number of alkyl halides is 3. The molecule has 312 valence electrons. The minimum Gasteiger partial charge on any atom is -0.493 e. The topological polar surface area (TPSA) is 88.6 Å². The third-order valence-electron chi connectivity index (χ3n) is 11.3. The highest BCUT2D eigenvalue weighted by Gasteiger charge is 2.53. The molecule has 2 aliphatic heterocycles. The van der Waals surface area contributed by atoms with Crippen LogP contribution in [0.3, 0.4) is 0 Å². The first kappa shape index (κ1) is 43.7. The Hall–Kier alpha value is -3.92. The summed E-state index contributed by atoms with van der Waals surface area (Å²) < 4.78 is 16.1. The number of hydrogen-bond donors (Lipinski definition) is 0. The van der Waals surface area contributed by atoms with Gasteiger partial charge in [0.05, 0.1) is 18.7 Å². The Balaban J connectivity index is 1.40. The normalized spacial score (nSPS) is 18.6. The van der Waals surface area contributed by atoms with Gasteiger partial charge < -0.3 is 24.0 Å². The predicted molar refractivity (Wildman–Crippen MR) is 231 cm³/mol. The van der Waals surface area contributed by atoms with Crippen LogP contribution in [0.5, 0.6) is 5.75 Å². The zero-order valence-corrected chi connectivity index (χ0v) is 37.4. The van der Waals surface area contributed by atoms with E-state index in [2.05, 4.69) is 45.0 Å². The highest BCUT2D eigenvalue weighted by molar-refractivity contribution is 6.68. The third kappa shape index (κ3) is 9.91. The number of hydrogen-bond acceptors (Lipinski definition) is 6. The second-order valence-electron chi connectivity index (χ2n) is 17.5. The van der Waals surface area contributed by atoms with Gasteiger partial charge in [0.15, 0.2) is 5.60 Å². The van der Waals surface area contributed by atoms with E-state index in [1.807, 2.05) is 69.0 Å². The van der Waals surface area contributed by atoms with Gasteiger partial charge in [-0.05, 0) is 132 Å². The molecule has 3 aliphatic rings. The van der Waals surface area contributed by atoms with Crippen LogP contribution in [0.2, 0.25) is 0 Å². The molecule has 6 rings (SSSR count).